The zero-order valence-corrected chi connectivity index (χ0v) is 21.7. The van der Waals surface area contributed by atoms with Gasteiger partial charge >= 0.3 is 0 Å². The summed E-state index contributed by atoms with van der Waals surface area (Å²) in [6, 6.07) is 12.4. The van der Waals surface area contributed by atoms with Crippen molar-refractivity contribution in [2.75, 3.05) is 26.2 Å². The normalized spacial score (nSPS) is 16.8. The molecule has 4 heterocycles. The Morgan fingerprint density at radius 3 is 2.59 bits per heavy atom. The van der Waals surface area contributed by atoms with Gasteiger partial charge in [-0.25, -0.2) is 15.0 Å². The molecule has 4 aromatic rings. The zero-order chi connectivity index (χ0) is 25.2. The number of aromatic nitrogens is 5. The Hall–Kier alpha value is -3.52. The van der Waals surface area contributed by atoms with Crippen LogP contribution in [0.4, 0.5) is 0 Å². The zero-order valence-electron chi connectivity index (χ0n) is 21.7. The summed E-state index contributed by atoms with van der Waals surface area (Å²) in [6.07, 6.45) is 9.13. The number of imidazole rings is 1. The van der Waals surface area contributed by atoms with E-state index >= 15 is 0 Å². The van der Waals surface area contributed by atoms with Crippen molar-refractivity contribution in [2.24, 2.45) is 0 Å². The lowest BCUT2D eigenvalue weighted by Gasteiger charge is -2.15. The van der Waals surface area contributed by atoms with Crippen LogP contribution in [0.3, 0.4) is 0 Å². The van der Waals surface area contributed by atoms with Crippen LogP contribution < -0.4 is 9.47 Å². The molecule has 8 nitrogen and oxygen atoms in total. The van der Waals surface area contributed by atoms with E-state index in [0.29, 0.717) is 30.4 Å². The van der Waals surface area contributed by atoms with Crippen LogP contribution in [0.1, 0.15) is 50.2 Å². The number of hydrogen-bond donors (Lipinski definition) is 0. The minimum atomic E-state index is -0.157. The third kappa shape index (κ3) is 5.30. The van der Waals surface area contributed by atoms with Gasteiger partial charge < -0.3 is 18.9 Å². The van der Waals surface area contributed by atoms with Gasteiger partial charge in [0.1, 0.15) is 17.8 Å². The fourth-order valence-electron chi connectivity index (χ4n) is 4.94. The summed E-state index contributed by atoms with van der Waals surface area (Å²) in [5, 5.41) is 0. The number of fused-ring (bicyclic) bond motifs is 1. The summed E-state index contributed by atoms with van der Waals surface area (Å²) in [5.74, 6) is 2.00. The molecule has 37 heavy (non-hydrogen) atoms. The summed E-state index contributed by atoms with van der Waals surface area (Å²) >= 11 is 0. The van der Waals surface area contributed by atoms with Gasteiger partial charge in [-0.1, -0.05) is 30.3 Å². The third-order valence-electron chi connectivity index (χ3n) is 7.37. The van der Waals surface area contributed by atoms with Crippen LogP contribution in [-0.2, 0) is 6.54 Å². The summed E-state index contributed by atoms with van der Waals surface area (Å²) in [6.45, 7) is 9.01. The van der Waals surface area contributed by atoms with E-state index in [0.717, 1.165) is 48.4 Å². The van der Waals surface area contributed by atoms with E-state index in [4.69, 9.17) is 14.5 Å². The van der Waals surface area contributed by atoms with Crippen LogP contribution in [0.2, 0.25) is 0 Å². The molecule has 0 N–H and O–H groups in total. The Bertz CT molecular complexity index is 1380. The molecule has 3 aromatic heterocycles. The smallest absolute Gasteiger partial charge is 0.245 e. The third-order valence-corrected chi connectivity index (χ3v) is 7.37. The van der Waals surface area contributed by atoms with Gasteiger partial charge in [-0.3, -0.25) is 0 Å². The topological polar surface area (TPSA) is 78.2 Å². The first kappa shape index (κ1) is 23.9. The Morgan fingerprint density at radius 2 is 1.84 bits per heavy atom. The van der Waals surface area contributed by atoms with Crippen LogP contribution in [0.15, 0.2) is 48.9 Å². The van der Waals surface area contributed by atoms with E-state index in [9.17, 15) is 0 Å². The molecule has 1 aromatic carbocycles. The first-order valence-corrected chi connectivity index (χ1v) is 13.3. The van der Waals surface area contributed by atoms with Gasteiger partial charge in [0, 0.05) is 24.4 Å². The average molecular weight is 499 g/mol. The molecule has 2 aliphatic rings. The van der Waals surface area contributed by atoms with E-state index in [-0.39, 0.29) is 5.60 Å². The molecule has 1 aliphatic carbocycles. The number of aryl methyl sites for hydroxylation is 1. The monoisotopic (exact) mass is 498 g/mol. The first-order chi connectivity index (χ1) is 18.1. The maximum absolute atomic E-state index is 6.26. The molecule has 1 saturated heterocycles. The van der Waals surface area contributed by atoms with Gasteiger partial charge in [-0.05, 0) is 70.2 Å². The van der Waals surface area contributed by atoms with Crippen molar-refractivity contribution in [1.82, 2.24) is 29.4 Å². The van der Waals surface area contributed by atoms with Crippen molar-refractivity contribution < 1.29 is 9.47 Å². The second kappa shape index (κ2) is 10.1. The second-order valence-corrected chi connectivity index (χ2v) is 10.5. The van der Waals surface area contributed by atoms with Gasteiger partial charge in [-0.15, -0.1) is 0 Å². The van der Waals surface area contributed by atoms with E-state index in [1.165, 1.54) is 31.5 Å². The van der Waals surface area contributed by atoms with Crippen LogP contribution in [-0.4, -0.2) is 61.2 Å². The minimum absolute atomic E-state index is 0.157. The molecule has 1 saturated carbocycles. The van der Waals surface area contributed by atoms with Crippen molar-refractivity contribution in [1.29, 1.82) is 0 Å². The number of ether oxygens (including phenoxy) is 2. The standard InChI is InChI=1S/C29H34N6O2/c1-21-17-24(36-16-8-15-34-13-6-7-14-34)30-18-23(21)26-33-25-27(35(26)19-22-9-4-3-5-10-22)31-20-32-28(25)37-29(2)11-12-29/h3-5,9-10,17-18,20H,6-8,11-16,19H2,1-2H3. The van der Waals surface area contributed by atoms with Crippen LogP contribution in [0, 0.1) is 6.92 Å². The quantitative estimate of drug-likeness (QED) is 0.283. The number of nitrogens with zero attached hydrogens (tertiary/aromatic N) is 6. The number of rotatable bonds is 10. The van der Waals surface area contributed by atoms with Crippen LogP contribution >= 0.6 is 0 Å². The largest absolute Gasteiger partial charge is 0.478 e. The predicted molar refractivity (Wildman–Crippen MR) is 143 cm³/mol. The predicted octanol–water partition coefficient (Wildman–Crippen LogP) is 5.04. The van der Waals surface area contributed by atoms with Crippen molar-refractivity contribution in [2.45, 2.75) is 58.1 Å². The lowest BCUT2D eigenvalue weighted by molar-refractivity contribution is 0.194. The minimum Gasteiger partial charge on any atom is -0.478 e. The first-order valence-electron chi connectivity index (χ1n) is 13.3. The molecule has 0 amide bonds. The molecule has 8 heteroatoms. The van der Waals surface area contributed by atoms with E-state index in [1.807, 2.05) is 30.5 Å². The Labute approximate surface area is 217 Å². The highest BCUT2D eigenvalue weighted by Crippen LogP contribution is 2.41. The van der Waals surface area contributed by atoms with Gasteiger partial charge in [0.15, 0.2) is 11.2 Å². The van der Waals surface area contributed by atoms with Crippen molar-refractivity contribution in [3.05, 3.63) is 60.0 Å². The SMILES string of the molecule is Cc1cc(OCCCN2CCCC2)ncc1-c1nc2c(OC3(C)CC3)ncnc2n1Cc1ccccc1. The molecule has 1 aliphatic heterocycles. The maximum atomic E-state index is 6.26. The molecule has 192 valence electrons. The Balaban J connectivity index is 1.29. The molecule has 0 spiro atoms. The fourth-order valence-corrected chi connectivity index (χ4v) is 4.94. The molecule has 0 bridgehead atoms. The van der Waals surface area contributed by atoms with E-state index < -0.39 is 0 Å². The van der Waals surface area contributed by atoms with Gasteiger partial charge in [-0.2, -0.15) is 4.98 Å². The second-order valence-electron chi connectivity index (χ2n) is 10.5. The molecular weight excluding hydrogens is 464 g/mol. The number of pyridine rings is 1. The highest BCUT2D eigenvalue weighted by atomic mass is 16.5. The molecule has 0 radical (unpaired) electrons. The Morgan fingerprint density at radius 1 is 1.03 bits per heavy atom. The highest BCUT2D eigenvalue weighted by molar-refractivity contribution is 5.82. The van der Waals surface area contributed by atoms with Crippen LogP contribution in [0.5, 0.6) is 11.8 Å². The summed E-state index contributed by atoms with van der Waals surface area (Å²) in [5.41, 5.74) is 4.45. The summed E-state index contributed by atoms with van der Waals surface area (Å²) in [7, 11) is 0. The van der Waals surface area contributed by atoms with Gasteiger partial charge in [0.2, 0.25) is 11.8 Å². The number of likely N-dealkylation sites (tertiary alicyclic amines) is 1. The fraction of sp³-hybridized carbons (Fsp3) is 0.448. The molecule has 0 unspecified atom stereocenters. The maximum Gasteiger partial charge on any atom is 0.245 e. The lowest BCUT2D eigenvalue weighted by Crippen LogP contribution is -2.22. The van der Waals surface area contributed by atoms with Crippen molar-refractivity contribution in [3.63, 3.8) is 0 Å². The lowest BCUT2D eigenvalue weighted by atomic mass is 10.1. The van der Waals surface area contributed by atoms with E-state index in [2.05, 4.69) is 50.4 Å². The number of hydrogen-bond acceptors (Lipinski definition) is 7. The van der Waals surface area contributed by atoms with Crippen LogP contribution in [0.25, 0.3) is 22.6 Å². The molecule has 2 fully saturated rings. The van der Waals surface area contributed by atoms with Gasteiger partial charge in [0.05, 0.1) is 13.2 Å². The van der Waals surface area contributed by atoms with Crippen molar-refractivity contribution in [3.8, 4) is 23.1 Å². The molecule has 6 rings (SSSR count). The highest BCUT2D eigenvalue weighted by Gasteiger charge is 2.41. The molecule has 0 atom stereocenters. The summed E-state index contributed by atoms with van der Waals surface area (Å²) < 4.78 is 14.4. The Kier molecular flexibility index (Phi) is 6.50. The van der Waals surface area contributed by atoms with Crippen molar-refractivity contribution >= 4 is 11.2 Å². The van der Waals surface area contributed by atoms with Gasteiger partial charge in [0.25, 0.3) is 0 Å². The van der Waals surface area contributed by atoms with E-state index in [1.54, 1.807) is 6.33 Å². The number of benzene rings is 1. The summed E-state index contributed by atoms with van der Waals surface area (Å²) in [4.78, 5) is 21.2. The molecular formula is C29H34N6O2. The average Bonchev–Trinajstić information content (AvgIpc) is 3.27.